The fraction of sp³-hybridized carbons (Fsp3) is 0.136. The van der Waals surface area contributed by atoms with Gasteiger partial charge in [0.2, 0.25) is 0 Å². The minimum Gasteiger partial charge on any atom is -0.462 e. The van der Waals surface area contributed by atoms with Gasteiger partial charge in [-0.15, -0.1) is 13.2 Å². The van der Waals surface area contributed by atoms with Crippen molar-refractivity contribution < 1.29 is 22.6 Å². The van der Waals surface area contributed by atoms with Crippen LogP contribution in [0.15, 0.2) is 83.9 Å². The predicted molar refractivity (Wildman–Crippen MR) is 103 cm³/mol. The molecular weight excluding hydrogens is 381 g/mol. The summed E-state index contributed by atoms with van der Waals surface area (Å²) < 4.78 is 46.9. The second-order valence-electron chi connectivity index (χ2n) is 6.62. The lowest BCUT2D eigenvalue weighted by molar-refractivity contribution is -0.274. The molecule has 0 aromatic heterocycles. The Kier molecular flexibility index (Phi) is 4.66. The van der Waals surface area contributed by atoms with Gasteiger partial charge in [-0.3, -0.25) is 0 Å². The van der Waals surface area contributed by atoms with Crippen molar-refractivity contribution >= 4 is 6.02 Å². The first kappa shape index (κ1) is 18.9. The van der Waals surface area contributed by atoms with Crippen LogP contribution < -0.4 is 10.5 Å². The largest absolute Gasteiger partial charge is 0.573 e. The van der Waals surface area contributed by atoms with Gasteiger partial charge in [0.05, 0.1) is 0 Å². The molecule has 148 valence electrons. The summed E-state index contributed by atoms with van der Waals surface area (Å²) in [6.07, 6.45) is -4.73. The van der Waals surface area contributed by atoms with Crippen LogP contribution in [0, 0.1) is 0 Å². The van der Waals surface area contributed by atoms with Gasteiger partial charge in [0.15, 0.2) is 5.54 Å². The van der Waals surface area contributed by atoms with Crippen LogP contribution in [0.5, 0.6) is 5.75 Å². The minimum atomic E-state index is -4.73. The number of benzene rings is 3. The Morgan fingerprint density at radius 2 is 1.55 bits per heavy atom. The lowest BCUT2D eigenvalue weighted by Gasteiger charge is -2.25. The molecule has 29 heavy (non-hydrogen) atoms. The Hall–Kier alpha value is -3.48. The highest BCUT2D eigenvalue weighted by molar-refractivity contribution is 5.75. The van der Waals surface area contributed by atoms with Gasteiger partial charge in [0.25, 0.3) is 6.02 Å². The Balaban J connectivity index is 1.68. The standard InChI is InChI=1S/C22H17F3N2O2/c23-22(24,25)29-19-8-4-5-16(13-19)15-9-11-18(12-10-15)21(14-28-20(26)27-21)17-6-2-1-3-7-17/h1-13H,14H2,(H2,26,27). The molecule has 0 saturated heterocycles. The van der Waals surface area contributed by atoms with E-state index in [0.717, 1.165) is 16.7 Å². The van der Waals surface area contributed by atoms with Crippen LogP contribution in [0.3, 0.4) is 0 Å². The highest BCUT2D eigenvalue weighted by Gasteiger charge is 2.39. The van der Waals surface area contributed by atoms with E-state index in [9.17, 15) is 13.2 Å². The van der Waals surface area contributed by atoms with Crippen LogP contribution in [0.1, 0.15) is 11.1 Å². The third kappa shape index (κ3) is 3.89. The quantitative estimate of drug-likeness (QED) is 0.684. The highest BCUT2D eigenvalue weighted by atomic mass is 19.4. The predicted octanol–water partition coefficient (Wildman–Crippen LogP) is 4.84. The zero-order chi connectivity index (χ0) is 20.5. The molecule has 0 aliphatic carbocycles. The SMILES string of the molecule is NC1=NC(c2ccccc2)(c2ccc(-c3cccc(OC(F)(F)F)c3)cc2)CO1. The first-order valence-electron chi connectivity index (χ1n) is 8.86. The van der Waals surface area contributed by atoms with Gasteiger partial charge in [0.1, 0.15) is 12.4 Å². The number of hydrogen-bond acceptors (Lipinski definition) is 4. The summed E-state index contributed by atoms with van der Waals surface area (Å²) in [4.78, 5) is 4.54. The molecule has 4 nitrogen and oxygen atoms in total. The molecule has 0 saturated carbocycles. The van der Waals surface area contributed by atoms with Crippen molar-refractivity contribution in [1.29, 1.82) is 0 Å². The van der Waals surface area contributed by atoms with E-state index >= 15 is 0 Å². The average Bonchev–Trinajstić information content (AvgIpc) is 3.11. The molecule has 3 aromatic carbocycles. The zero-order valence-corrected chi connectivity index (χ0v) is 15.2. The molecule has 1 aliphatic heterocycles. The number of hydrogen-bond donors (Lipinski definition) is 1. The monoisotopic (exact) mass is 398 g/mol. The van der Waals surface area contributed by atoms with E-state index < -0.39 is 11.9 Å². The number of nitrogens with zero attached hydrogens (tertiary/aromatic N) is 1. The molecule has 1 heterocycles. The summed E-state index contributed by atoms with van der Waals surface area (Å²) >= 11 is 0. The Morgan fingerprint density at radius 1 is 0.862 bits per heavy atom. The molecule has 4 rings (SSSR count). The van der Waals surface area contributed by atoms with Gasteiger partial charge < -0.3 is 15.2 Å². The molecular formula is C22H17F3N2O2. The van der Waals surface area contributed by atoms with Crippen molar-refractivity contribution in [2.24, 2.45) is 10.7 Å². The third-order valence-electron chi connectivity index (χ3n) is 4.74. The summed E-state index contributed by atoms with van der Waals surface area (Å²) in [7, 11) is 0. The van der Waals surface area contributed by atoms with E-state index in [0.29, 0.717) is 5.56 Å². The summed E-state index contributed by atoms with van der Waals surface area (Å²) in [5.74, 6) is -0.263. The normalized spacial score (nSPS) is 18.8. The maximum Gasteiger partial charge on any atom is 0.573 e. The van der Waals surface area contributed by atoms with Gasteiger partial charge in [-0.25, -0.2) is 4.99 Å². The van der Waals surface area contributed by atoms with Crippen molar-refractivity contribution in [2.75, 3.05) is 6.61 Å². The lowest BCUT2D eigenvalue weighted by Crippen LogP contribution is -2.27. The molecule has 0 amide bonds. The van der Waals surface area contributed by atoms with Gasteiger partial charge in [-0.1, -0.05) is 66.7 Å². The molecule has 0 fully saturated rings. The summed E-state index contributed by atoms with van der Waals surface area (Å²) in [6, 6.07) is 23.1. The highest BCUT2D eigenvalue weighted by Crippen LogP contribution is 2.38. The molecule has 1 unspecified atom stereocenters. The van der Waals surface area contributed by atoms with E-state index in [-0.39, 0.29) is 18.4 Å². The minimum absolute atomic E-state index is 0.120. The number of ether oxygens (including phenoxy) is 2. The lowest BCUT2D eigenvalue weighted by atomic mass is 9.84. The Labute approximate surface area is 165 Å². The summed E-state index contributed by atoms with van der Waals surface area (Å²) in [5, 5.41) is 0. The van der Waals surface area contributed by atoms with Crippen molar-refractivity contribution in [1.82, 2.24) is 0 Å². The van der Waals surface area contributed by atoms with E-state index in [4.69, 9.17) is 10.5 Å². The number of amidine groups is 1. The molecule has 7 heteroatoms. The molecule has 0 radical (unpaired) electrons. The fourth-order valence-electron chi connectivity index (χ4n) is 3.42. The van der Waals surface area contributed by atoms with Crippen LogP contribution in [0.2, 0.25) is 0 Å². The van der Waals surface area contributed by atoms with Gasteiger partial charge in [-0.2, -0.15) is 0 Å². The van der Waals surface area contributed by atoms with E-state index in [2.05, 4.69) is 9.73 Å². The van der Waals surface area contributed by atoms with Crippen molar-refractivity contribution in [3.05, 3.63) is 90.0 Å². The van der Waals surface area contributed by atoms with Crippen LogP contribution in [0.4, 0.5) is 13.2 Å². The van der Waals surface area contributed by atoms with Crippen molar-refractivity contribution in [2.45, 2.75) is 11.9 Å². The second kappa shape index (κ2) is 7.16. The fourth-order valence-corrected chi connectivity index (χ4v) is 3.42. The summed E-state index contributed by atoms with van der Waals surface area (Å²) in [5.41, 5.74) is 8.21. The first-order chi connectivity index (χ1) is 13.9. The van der Waals surface area contributed by atoms with E-state index in [1.165, 1.54) is 18.2 Å². The second-order valence-corrected chi connectivity index (χ2v) is 6.62. The first-order valence-corrected chi connectivity index (χ1v) is 8.86. The maximum absolute atomic E-state index is 12.5. The number of rotatable bonds is 4. The topological polar surface area (TPSA) is 56.8 Å². The van der Waals surface area contributed by atoms with Gasteiger partial charge in [0, 0.05) is 0 Å². The van der Waals surface area contributed by atoms with Crippen LogP contribution in [-0.4, -0.2) is 19.0 Å². The van der Waals surface area contributed by atoms with E-state index in [1.807, 2.05) is 54.6 Å². The number of nitrogens with two attached hydrogens (primary N) is 1. The molecule has 0 spiro atoms. The van der Waals surface area contributed by atoms with Crippen LogP contribution >= 0.6 is 0 Å². The molecule has 2 N–H and O–H groups in total. The number of halogens is 3. The molecule has 3 aromatic rings. The smallest absolute Gasteiger partial charge is 0.462 e. The number of alkyl halides is 3. The van der Waals surface area contributed by atoms with Crippen LogP contribution in [-0.2, 0) is 10.3 Å². The Morgan fingerprint density at radius 3 is 2.17 bits per heavy atom. The Bertz CT molecular complexity index is 1030. The van der Waals surface area contributed by atoms with Crippen molar-refractivity contribution in [3.63, 3.8) is 0 Å². The van der Waals surface area contributed by atoms with Gasteiger partial charge in [-0.05, 0) is 34.4 Å². The maximum atomic E-state index is 12.5. The summed E-state index contributed by atoms with van der Waals surface area (Å²) in [6.45, 7) is 0.275. The molecule has 0 bridgehead atoms. The average molecular weight is 398 g/mol. The third-order valence-corrected chi connectivity index (χ3v) is 4.74. The zero-order valence-electron chi connectivity index (χ0n) is 15.2. The van der Waals surface area contributed by atoms with Crippen LogP contribution in [0.25, 0.3) is 11.1 Å². The van der Waals surface area contributed by atoms with Crippen molar-refractivity contribution in [3.8, 4) is 16.9 Å². The molecule has 1 atom stereocenters. The van der Waals surface area contributed by atoms with E-state index in [1.54, 1.807) is 6.07 Å². The van der Waals surface area contributed by atoms with Gasteiger partial charge >= 0.3 is 6.36 Å². The molecule has 1 aliphatic rings. The number of aliphatic imine (C=N–C) groups is 1.